The number of hydrogen-bond donors (Lipinski definition) is 2. The van der Waals surface area contributed by atoms with Gasteiger partial charge in [0.25, 0.3) is 5.91 Å². The summed E-state index contributed by atoms with van der Waals surface area (Å²) in [6.45, 7) is 2.64. The third-order valence-corrected chi connectivity index (χ3v) is 6.38. The number of halogens is 5. The first-order chi connectivity index (χ1) is 18.0. The Bertz CT molecular complexity index is 1310. The molecular weight excluding hydrogens is 535 g/mol. The molecule has 2 heterocycles. The Labute approximate surface area is 217 Å². The number of rotatable bonds is 7. The van der Waals surface area contributed by atoms with Crippen LogP contribution in [0.2, 0.25) is 0 Å². The molecule has 4 rings (SSSR count). The van der Waals surface area contributed by atoms with E-state index in [2.05, 4.69) is 30.5 Å². The van der Waals surface area contributed by atoms with Crippen molar-refractivity contribution in [1.82, 2.24) is 20.0 Å². The van der Waals surface area contributed by atoms with Crippen molar-refractivity contribution in [3.63, 3.8) is 0 Å². The summed E-state index contributed by atoms with van der Waals surface area (Å²) in [5.74, 6) is -3.82. The van der Waals surface area contributed by atoms with E-state index < -0.39 is 41.1 Å². The predicted octanol–water partition coefficient (Wildman–Crippen LogP) is 3.82. The third kappa shape index (κ3) is 6.99. The number of anilines is 2. The first-order valence-electron chi connectivity index (χ1n) is 11.2. The summed E-state index contributed by atoms with van der Waals surface area (Å²) in [6.07, 6.45) is -5.04. The summed E-state index contributed by atoms with van der Waals surface area (Å²) in [7, 11) is 1.94. The number of aromatic nitrogens is 2. The SMILES string of the molecule is CN1CCN(CC(=O)Nc2cc(C(=O)Nc3nnc(-c4c(F)cccc4F)s3)ccc2OC(F)(F)F)CC1. The molecule has 0 radical (unpaired) electrons. The van der Waals surface area contributed by atoms with Crippen LogP contribution in [0.5, 0.6) is 5.75 Å². The predicted molar refractivity (Wildman–Crippen MR) is 129 cm³/mol. The van der Waals surface area contributed by atoms with E-state index in [1.807, 2.05) is 11.9 Å². The van der Waals surface area contributed by atoms with Crippen molar-refractivity contribution in [1.29, 1.82) is 0 Å². The van der Waals surface area contributed by atoms with Gasteiger partial charge in [0, 0.05) is 31.7 Å². The minimum atomic E-state index is -5.04. The van der Waals surface area contributed by atoms with Gasteiger partial charge < -0.3 is 15.0 Å². The molecule has 0 saturated carbocycles. The lowest BCUT2D eigenvalue weighted by Gasteiger charge is -2.31. The first kappa shape index (κ1) is 27.3. The Kier molecular flexibility index (Phi) is 8.18. The molecule has 2 N–H and O–H groups in total. The number of carbonyl (C=O) groups is 2. The van der Waals surface area contributed by atoms with E-state index in [-0.39, 0.29) is 27.9 Å². The minimum Gasteiger partial charge on any atom is -0.404 e. The zero-order valence-electron chi connectivity index (χ0n) is 19.8. The number of ether oxygens (including phenoxy) is 1. The number of nitrogens with zero attached hydrogens (tertiary/aromatic N) is 4. The van der Waals surface area contributed by atoms with Crippen molar-refractivity contribution in [3.8, 4) is 16.3 Å². The molecule has 1 aromatic heterocycles. The summed E-state index contributed by atoms with van der Waals surface area (Å²) >= 11 is 0.696. The highest BCUT2D eigenvalue weighted by molar-refractivity contribution is 7.18. The Balaban J connectivity index is 1.50. The normalized spacial score (nSPS) is 14.8. The van der Waals surface area contributed by atoms with Gasteiger partial charge in [0.15, 0.2) is 10.8 Å². The number of benzene rings is 2. The topological polar surface area (TPSA) is 99.7 Å². The van der Waals surface area contributed by atoms with E-state index in [9.17, 15) is 31.5 Å². The molecule has 0 atom stereocenters. The van der Waals surface area contributed by atoms with Gasteiger partial charge in [-0.15, -0.1) is 23.4 Å². The molecule has 1 saturated heterocycles. The number of likely N-dealkylation sites (N-methyl/N-ethyl adjacent to an activating group) is 1. The van der Waals surface area contributed by atoms with Crippen LogP contribution in [-0.4, -0.2) is 77.9 Å². The second-order valence-electron chi connectivity index (χ2n) is 8.35. The van der Waals surface area contributed by atoms with Gasteiger partial charge in [-0.05, 0) is 37.4 Å². The third-order valence-electron chi connectivity index (χ3n) is 5.53. The van der Waals surface area contributed by atoms with Crippen LogP contribution < -0.4 is 15.4 Å². The maximum Gasteiger partial charge on any atom is 0.573 e. The standard InChI is InChI=1S/C23H21F5N6O3S/c1-33-7-9-34(10-8-33)12-18(35)29-16-11-13(5-6-17(16)37-23(26,27)28)20(36)30-22-32-31-21(38-22)19-14(24)3-2-4-15(19)25/h2-6,11H,7-10,12H2,1H3,(H,29,35)(H,30,32,36). The van der Waals surface area contributed by atoms with Crippen molar-refractivity contribution >= 4 is 34.0 Å². The summed E-state index contributed by atoms with van der Waals surface area (Å²) < 4.78 is 70.8. The molecule has 1 aliphatic rings. The van der Waals surface area contributed by atoms with Crippen molar-refractivity contribution in [2.75, 3.05) is 50.4 Å². The molecule has 0 unspecified atom stereocenters. The van der Waals surface area contributed by atoms with Gasteiger partial charge >= 0.3 is 6.36 Å². The van der Waals surface area contributed by atoms with E-state index in [0.29, 0.717) is 24.4 Å². The van der Waals surface area contributed by atoms with E-state index in [4.69, 9.17) is 0 Å². The van der Waals surface area contributed by atoms with E-state index in [1.165, 1.54) is 6.07 Å². The lowest BCUT2D eigenvalue weighted by atomic mass is 10.1. The molecule has 2 amide bonds. The maximum atomic E-state index is 14.0. The van der Waals surface area contributed by atoms with Gasteiger partial charge in [0.1, 0.15) is 11.6 Å². The lowest BCUT2D eigenvalue weighted by Crippen LogP contribution is -2.47. The lowest BCUT2D eigenvalue weighted by molar-refractivity contribution is -0.274. The number of carbonyl (C=O) groups excluding carboxylic acids is 2. The van der Waals surface area contributed by atoms with Gasteiger partial charge in [-0.25, -0.2) is 8.78 Å². The zero-order chi connectivity index (χ0) is 27.4. The maximum absolute atomic E-state index is 14.0. The van der Waals surface area contributed by atoms with Crippen LogP contribution in [0, 0.1) is 11.6 Å². The van der Waals surface area contributed by atoms with Crippen LogP contribution in [0.3, 0.4) is 0 Å². The highest BCUT2D eigenvalue weighted by Crippen LogP contribution is 2.33. The van der Waals surface area contributed by atoms with Crippen molar-refractivity contribution < 1.29 is 36.3 Å². The average molecular weight is 557 g/mol. The van der Waals surface area contributed by atoms with Crippen molar-refractivity contribution in [3.05, 3.63) is 53.6 Å². The number of hydrogen-bond acceptors (Lipinski definition) is 8. The molecule has 2 aromatic carbocycles. The van der Waals surface area contributed by atoms with Gasteiger partial charge in [0.05, 0.1) is 17.8 Å². The number of nitrogens with one attached hydrogen (secondary N) is 2. The summed E-state index contributed by atoms with van der Waals surface area (Å²) in [6, 6.07) is 6.26. The van der Waals surface area contributed by atoms with Crippen LogP contribution in [0.1, 0.15) is 10.4 Å². The molecule has 9 nitrogen and oxygen atoms in total. The average Bonchev–Trinajstić information content (AvgIpc) is 3.28. The highest BCUT2D eigenvalue weighted by Gasteiger charge is 2.33. The van der Waals surface area contributed by atoms with Gasteiger partial charge in [-0.2, -0.15) is 0 Å². The van der Waals surface area contributed by atoms with E-state index >= 15 is 0 Å². The zero-order valence-corrected chi connectivity index (χ0v) is 20.6. The van der Waals surface area contributed by atoms with Crippen LogP contribution >= 0.6 is 11.3 Å². The van der Waals surface area contributed by atoms with Crippen molar-refractivity contribution in [2.45, 2.75) is 6.36 Å². The molecule has 3 aromatic rings. The number of piperazine rings is 1. The Hall–Kier alpha value is -3.69. The Morgan fingerprint density at radius 2 is 1.71 bits per heavy atom. The second kappa shape index (κ2) is 11.4. The molecule has 1 fully saturated rings. The smallest absolute Gasteiger partial charge is 0.404 e. The molecular formula is C23H21F5N6O3S. The van der Waals surface area contributed by atoms with E-state index in [1.54, 1.807) is 0 Å². The molecule has 202 valence electrons. The van der Waals surface area contributed by atoms with Crippen LogP contribution in [-0.2, 0) is 4.79 Å². The fourth-order valence-electron chi connectivity index (χ4n) is 3.63. The summed E-state index contributed by atoms with van der Waals surface area (Å²) in [5.41, 5.74) is -0.909. The molecule has 0 aliphatic carbocycles. The van der Waals surface area contributed by atoms with Gasteiger partial charge in [-0.1, -0.05) is 17.4 Å². The fraction of sp³-hybridized carbons (Fsp3) is 0.304. The highest BCUT2D eigenvalue weighted by atomic mass is 32.1. The Morgan fingerprint density at radius 3 is 2.37 bits per heavy atom. The molecule has 38 heavy (non-hydrogen) atoms. The molecule has 15 heteroatoms. The molecule has 0 spiro atoms. The molecule has 1 aliphatic heterocycles. The van der Waals surface area contributed by atoms with Gasteiger partial charge in [0.2, 0.25) is 11.0 Å². The monoisotopic (exact) mass is 556 g/mol. The van der Waals surface area contributed by atoms with Crippen LogP contribution in [0.4, 0.5) is 32.8 Å². The Morgan fingerprint density at radius 1 is 1.03 bits per heavy atom. The van der Waals surface area contributed by atoms with Gasteiger partial charge in [-0.3, -0.25) is 19.8 Å². The molecule has 0 bridgehead atoms. The number of amides is 2. The van der Waals surface area contributed by atoms with Crippen LogP contribution in [0.15, 0.2) is 36.4 Å². The summed E-state index contributed by atoms with van der Waals surface area (Å²) in [5, 5.41) is 11.9. The van der Waals surface area contributed by atoms with Crippen molar-refractivity contribution in [2.24, 2.45) is 0 Å². The number of alkyl halides is 3. The van der Waals surface area contributed by atoms with E-state index in [0.717, 1.165) is 43.4 Å². The largest absolute Gasteiger partial charge is 0.573 e. The van der Waals surface area contributed by atoms with Crippen LogP contribution in [0.25, 0.3) is 10.6 Å². The second-order valence-corrected chi connectivity index (χ2v) is 9.33. The first-order valence-corrected chi connectivity index (χ1v) is 12.0. The quantitative estimate of drug-likeness (QED) is 0.427. The minimum absolute atomic E-state index is 0.0596. The summed E-state index contributed by atoms with van der Waals surface area (Å²) in [4.78, 5) is 29.3. The fourth-order valence-corrected chi connectivity index (χ4v) is 4.41.